The Balaban J connectivity index is 2.45. The van der Waals surface area contributed by atoms with Crippen molar-refractivity contribution in [2.24, 2.45) is 5.92 Å². The third-order valence-corrected chi connectivity index (χ3v) is 3.42. The highest BCUT2D eigenvalue weighted by atomic mass is 16.6. The Morgan fingerprint density at radius 3 is 2.88 bits per heavy atom. The molecule has 1 aliphatic rings. The number of rotatable bonds is 2. The van der Waals surface area contributed by atoms with Gasteiger partial charge in [0.2, 0.25) is 0 Å². The van der Waals surface area contributed by atoms with Crippen molar-refractivity contribution < 1.29 is 4.92 Å². The van der Waals surface area contributed by atoms with Gasteiger partial charge in [0.05, 0.1) is 4.92 Å². The predicted octanol–water partition coefficient (Wildman–Crippen LogP) is 2.44. The number of nitro groups is 1. The van der Waals surface area contributed by atoms with Gasteiger partial charge in [-0.15, -0.1) is 0 Å². The van der Waals surface area contributed by atoms with Gasteiger partial charge in [-0.25, -0.2) is 0 Å². The van der Waals surface area contributed by atoms with Crippen LogP contribution in [0.25, 0.3) is 0 Å². The molecule has 0 heterocycles. The van der Waals surface area contributed by atoms with E-state index in [0.29, 0.717) is 5.92 Å². The van der Waals surface area contributed by atoms with E-state index in [1.165, 1.54) is 5.56 Å². The second-order valence-corrected chi connectivity index (χ2v) is 4.42. The van der Waals surface area contributed by atoms with E-state index in [-0.39, 0.29) is 16.7 Å². The number of hydrogen-bond acceptors (Lipinski definition) is 3. The topological polar surface area (TPSA) is 55.2 Å². The van der Waals surface area contributed by atoms with Crippen LogP contribution in [0.1, 0.15) is 30.5 Å². The number of non-ortho nitro benzene ring substituents is 1. The van der Waals surface area contributed by atoms with Gasteiger partial charge in [-0.3, -0.25) is 10.1 Å². The van der Waals surface area contributed by atoms with Gasteiger partial charge in [-0.1, -0.05) is 13.0 Å². The Kier molecular flexibility index (Phi) is 2.92. The summed E-state index contributed by atoms with van der Waals surface area (Å²) in [6.45, 7) is 2.18. The van der Waals surface area contributed by atoms with Crippen LogP contribution in [0.2, 0.25) is 0 Å². The summed E-state index contributed by atoms with van der Waals surface area (Å²) in [6, 6.07) is 5.45. The predicted molar refractivity (Wildman–Crippen MR) is 62.4 cm³/mol. The van der Waals surface area contributed by atoms with Crippen LogP contribution in [0.5, 0.6) is 0 Å². The molecule has 0 spiro atoms. The van der Waals surface area contributed by atoms with Crippen molar-refractivity contribution in [3.63, 3.8) is 0 Å². The summed E-state index contributed by atoms with van der Waals surface area (Å²) in [6.07, 6.45) is 2.16. The van der Waals surface area contributed by atoms with Gasteiger partial charge in [0.25, 0.3) is 5.69 Å². The van der Waals surface area contributed by atoms with E-state index in [9.17, 15) is 10.1 Å². The first kappa shape index (κ1) is 11.1. The van der Waals surface area contributed by atoms with E-state index in [4.69, 9.17) is 0 Å². The molecule has 1 N–H and O–H groups in total. The van der Waals surface area contributed by atoms with Crippen LogP contribution in [0.15, 0.2) is 18.2 Å². The minimum atomic E-state index is -0.327. The molecule has 0 saturated heterocycles. The van der Waals surface area contributed by atoms with Crippen molar-refractivity contribution >= 4 is 5.69 Å². The maximum absolute atomic E-state index is 10.7. The zero-order chi connectivity index (χ0) is 11.7. The number of fused-ring (bicyclic) bond motifs is 1. The first-order chi connectivity index (χ1) is 7.63. The normalized spacial score (nSPS) is 23.9. The number of nitro benzene ring substituents is 1. The minimum absolute atomic E-state index is 0.188. The fourth-order valence-electron chi connectivity index (χ4n) is 2.51. The minimum Gasteiger partial charge on any atom is -0.313 e. The van der Waals surface area contributed by atoms with Gasteiger partial charge in [-0.05, 0) is 36.9 Å². The average Bonchev–Trinajstić information content (AvgIpc) is 2.28. The summed E-state index contributed by atoms with van der Waals surface area (Å²) < 4.78 is 0. The van der Waals surface area contributed by atoms with E-state index in [2.05, 4.69) is 12.2 Å². The number of hydrogen-bond donors (Lipinski definition) is 1. The van der Waals surface area contributed by atoms with Crippen LogP contribution in [-0.2, 0) is 6.42 Å². The lowest BCUT2D eigenvalue weighted by Crippen LogP contribution is -2.28. The number of nitrogens with zero attached hydrogens (tertiary/aromatic N) is 1. The van der Waals surface area contributed by atoms with Crippen molar-refractivity contribution in [1.82, 2.24) is 5.32 Å². The largest absolute Gasteiger partial charge is 0.313 e. The third-order valence-electron chi connectivity index (χ3n) is 3.42. The van der Waals surface area contributed by atoms with Gasteiger partial charge in [0.1, 0.15) is 0 Å². The molecule has 4 nitrogen and oxygen atoms in total. The lowest BCUT2D eigenvalue weighted by Gasteiger charge is -2.30. The first-order valence-corrected chi connectivity index (χ1v) is 5.58. The SMILES string of the molecule is CNC1c2cc([N+](=O)[O-])ccc2CC[C@H]1C. The van der Waals surface area contributed by atoms with E-state index in [1.807, 2.05) is 13.1 Å². The summed E-state index contributed by atoms with van der Waals surface area (Å²) in [5.41, 5.74) is 2.52. The first-order valence-electron chi connectivity index (χ1n) is 5.58. The molecule has 0 bridgehead atoms. The van der Waals surface area contributed by atoms with Gasteiger partial charge in [-0.2, -0.15) is 0 Å². The molecule has 4 heteroatoms. The molecular formula is C12H16N2O2. The second kappa shape index (κ2) is 4.22. The Morgan fingerprint density at radius 2 is 2.25 bits per heavy atom. The van der Waals surface area contributed by atoms with Crippen molar-refractivity contribution in [2.75, 3.05) is 7.05 Å². The zero-order valence-electron chi connectivity index (χ0n) is 9.56. The van der Waals surface area contributed by atoms with Crippen LogP contribution in [0.4, 0.5) is 5.69 Å². The van der Waals surface area contributed by atoms with Crippen molar-refractivity contribution in [2.45, 2.75) is 25.8 Å². The molecule has 0 aliphatic heterocycles. The van der Waals surface area contributed by atoms with Gasteiger partial charge in [0, 0.05) is 18.2 Å². The van der Waals surface area contributed by atoms with Gasteiger partial charge < -0.3 is 5.32 Å². The molecule has 16 heavy (non-hydrogen) atoms. The average molecular weight is 220 g/mol. The van der Waals surface area contributed by atoms with Crippen LogP contribution >= 0.6 is 0 Å². The van der Waals surface area contributed by atoms with Crippen LogP contribution in [0, 0.1) is 16.0 Å². The highest BCUT2D eigenvalue weighted by Gasteiger charge is 2.26. The van der Waals surface area contributed by atoms with Crippen molar-refractivity contribution in [3.05, 3.63) is 39.4 Å². The van der Waals surface area contributed by atoms with Crippen LogP contribution in [-0.4, -0.2) is 12.0 Å². The Bertz CT molecular complexity index is 417. The summed E-state index contributed by atoms with van der Waals surface area (Å²) in [7, 11) is 1.91. The highest BCUT2D eigenvalue weighted by Crippen LogP contribution is 2.35. The monoisotopic (exact) mass is 220 g/mol. The van der Waals surface area contributed by atoms with E-state index >= 15 is 0 Å². The van der Waals surface area contributed by atoms with E-state index in [1.54, 1.807) is 12.1 Å². The standard InChI is InChI=1S/C12H16N2O2/c1-8-3-4-9-5-6-10(14(15)16)7-11(9)12(8)13-2/h5-8,12-13H,3-4H2,1-2H3/t8-,12?/m1/s1. The summed E-state index contributed by atoms with van der Waals surface area (Å²) in [5, 5.41) is 14.0. The summed E-state index contributed by atoms with van der Waals surface area (Å²) in [4.78, 5) is 10.4. The summed E-state index contributed by atoms with van der Waals surface area (Å²) >= 11 is 0. The molecule has 2 rings (SSSR count). The Labute approximate surface area is 94.8 Å². The number of nitrogens with one attached hydrogen (secondary N) is 1. The molecule has 0 fully saturated rings. The molecule has 1 aliphatic carbocycles. The van der Waals surface area contributed by atoms with Gasteiger partial charge in [0.15, 0.2) is 0 Å². The Hall–Kier alpha value is -1.42. The molecule has 0 saturated carbocycles. The van der Waals surface area contributed by atoms with Crippen LogP contribution < -0.4 is 5.32 Å². The van der Waals surface area contributed by atoms with E-state index < -0.39 is 0 Å². The number of benzene rings is 1. The maximum atomic E-state index is 10.7. The van der Waals surface area contributed by atoms with Crippen LogP contribution in [0.3, 0.4) is 0 Å². The lowest BCUT2D eigenvalue weighted by molar-refractivity contribution is -0.385. The third kappa shape index (κ3) is 1.80. The highest BCUT2D eigenvalue weighted by molar-refractivity contribution is 5.43. The quantitative estimate of drug-likeness (QED) is 0.615. The fraction of sp³-hybridized carbons (Fsp3) is 0.500. The zero-order valence-corrected chi connectivity index (χ0v) is 9.56. The molecule has 86 valence electrons. The number of aryl methyl sites for hydroxylation is 1. The molecule has 1 aromatic rings. The molecule has 0 amide bonds. The second-order valence-electron chi connectivity index (χ2n) is 4.42. The molecule has 0 radical (unpaired) electrons. The van der Waals surface area contributed by atoms with Crippen molar-refractivity contribution in [1.29, 1.82) is 0 Å². The molecular weight excluding hydrogens is 204 g/mol. The molecule has 1 aromatic carbocycles. The fourth-order valence-corrected chi connectivity index (χ4v) is 2.51. The van der Waals surface area contributed by atoms with E-state index in [0.717, 1.165) is 18.4 Å². The smallest absolute Gasteiger partial charge is 0.269 e. The maximum Gasteiger partial charge on any atom is 0.269 e. The Morgan fingerprint density at radius 1 is 1.50 bits per heavy atom. The van der Waals surface area contributed by atoms with Gasteiger partial charge >= 0.3 is 0 Å². The van der Waals surface area contributed by atoms with Crippen molar-refractivity contribution in [3.8, 4) is 0 Å². The molecule has 2 atom stereocenters. The summed E-state index contributed by atoms with van der Waals surface area (Å²) in [5.74, 6) is 0.527. The lowest BCUT2D eigenvalue weighted by atomic mass is 9.80. The molecule has 1 unspecified atom stereocenters. The molecule has 0 aromatic heterocycles.